The van der Waals surface area contributed by atoms with Crippen molar-refractivity contribution in [2.75, 3.05) is 14.2 Å². The molecule has 0 saturated heterocycles. The van der Waals surface area contributed by atoms with Crippen LogP contribution in [0.15, 0.2) is 53.6 Å². The molecule has 0 spiro atoms. The Kier molecular flexibility index (Phi) is 8.65. The van der Waals surface area contributed by atoms with E-state index in [-0.39, 0.29) is 17.9 Å². The molecular weight excluding hydrogens is 582 g/mol. The average molecular weight is 601 g/mol. The number of carbonyl (C=O) groups is 1. The maximum Gasteiger partial charge on any atom is 0.275 e. The summed E-state index contributed by atoms with van der Waals surface area (Å²) in [6.45, 7) is 0.233. The predicted molar refractivity (Wildman–Crippen MR) is 136 cm³/mol. The fraction of sp³-hybridized carbons (Fsp3) is 0.130. The molecule has 0 atom stereocenters. The standard InChI is InChI=1S/C23H19Cl2IN2O5/c1-31-16-5-6-17(20(29)10-16)23(30)28-27-11-13-7-19(26)22(21(8-13)32-2)33-12-14-3-4-15(24)9-18(14)25/h3-11,29H,12H2,1-2H3,(H,28,30)/b27-11-. The molecule has 0 aliphatic rings. The van der Waals surface area contributed by atoms with Crippen LogP contribution in [-0.4, -0.2) is 31.4 Å². The maximum atomic E-state index is 12.3. The Balaban J connectivity index is 1.71. The number of amides is 1. The minimum atomic E-state index is -0.562. The molecule has 0 bridgehead atoms. The third-order valence-corrected chi connectivity index (χ3v) is 5.86. The lowest BCUT2D eigenvalue weighted by Gasteiger charge is -2.14. The quantitative estimate of drug-likeness (QED) is 0.198. The Labute approximate surface area is 214 Å². The molecule has 172 valence electrons. The zero-order chi connectivity index (χ0) is 24.0. The molecule has 0 unspecified atom stereocenters. The van der Waals surface area contributed by atoms with Gasteiger partial charge in [-0.25, -0.2) is 5.43 Å². The van der Waals surface area contributed by atoms with Crippen LogP contribution < -0.4 is 19.6 Å². The van der Waals surface area contributed by atoms with E-state index in [2.05, 4.69) is 33.1 Å². The van der Waals surface area contributed by atoms with E-state index < -0.39 is 5.91 Å². The van der Waals surface area contributed by atoms with Crippen LogP contribution in [0.1, 0.15) is 21.5 Å². The van der Waals surface area contributed by atoms with Crippen LogP contribution in [0.2, 0.25) is 10.0 Å². The van der Waals surface area contributed by atoms with Crippen LogP contribution >= 0.6 is 45.8 Å². The first-order valence-electron chi connectivity index (χ1n) is 9.47. The van der Waals surface area contributed by atoms with Gasteiger partial charge in [-0.2, -0.15) is 5.10 Å². The summed E-state index contributed by atoms with van der Waals surface area (Å²) < 4.78 is 17.2. The van der Waals surface area contributed by atoms with Crippen molar-refractivity contribution in [1.29, 1.82) is 0 Å². The summed E-state index contributed by atoms with van der Waals surface area (Å²) in [4.78, 5) is 12.3. The SMILES string of the molecule is COc1ccc(C(=O)N/N=C\c2cc(I)c(OCc3ccc(Cl)cc3Cl)c(OC)c2)c(O)c1. The number of halogens is 3. The van der Waals surface area contributed by atoms with Crippen LogP contribution in [0.5, 0.6) is 23.0 Å². The van der Waals surface area contributed by atoms with Crippen molar-refractivity contribution in [3.63, 3.8) is 0 Å². The number of hydrazone groups is 1. The van der Waals surface area contributed by atoms with Gasteiger partial charge in [-0.15, -0.1) is 0 Å². The third-order valence-electron chi connectivity index (χ3n) is 4.47. The molecule has 3 rings (SSSR count). The van der Waals surface area contributed by atoms with Crippen LogP contribution in [0.3, 0.4) is 0 Å². The van der Waals surface area contributed by atoms with Gasteiger partial charge < -0.3 is 19.3 Å². The number of methoxy groups -OCH3 is 2. The Morgan fingerprint density at radius 2 is 1.91 bits per heavy atom. The molecular formula is C23H19Cl2IN2O5. The second-order valence-corrected chi connectivity index (χ2v) is 8.65. The monoisotopic (exact) mass is 600 g/mol. The zero-order valence-corrected chi connectivity index (χ0v) is 21.2. The molecule has 0 aromatic heterocycles. The van der Waals surface area contributed by atoms with Gasteiger partial charge in [-0.1, -0.05) is 29.3 Å². The Bertz CT molecular complexity index is 1200. The number of hydrogen-bond donors (Lipinski definition) is 2. The molecule has 0 saturated carbocycles. The van der Waals surface area contributed by atoms with Crippen molar-refractivity contribution in [2.24, 2.45) is 5.10 Å². The van der Waals surface area contributed by atoms with Gasteiger partial charge >= 0.3 is 0 Å². The van der Waals surface area contributed by atoms with E-state index >= 15 is 0 Å². The number of benzene rings is 3. The highest BCUT2D eigenvalue weighted by atomic mass is 127. The lowest BCUT2D eigenvalue weighted by molar-refractivity contribution is 0.0952. The Hall–Kier alpha value is -2.69. The molecule has 0 heterocycles. The first-order chi connectivity index (χ1) is 15.8. The highest BCUT2D eigenvalue weighted by Crippen LogP contribution is 2.35. The number of nitrogens with one attached hydrogen (secondary N) is 1. The molecule has 0 radical (unpaired) electrons. The lowest BCUT2D eigenvalue weighted by Crippen LogP contribution is -2.17. The van der Waals surface area contributed by atoms with Crippen molar-refractivity contribution < 1.29 is 24.1 Å². The first-order valence-corrected chi connectivity index (χ1v) is 11.3. The first kappa shape index (κ1) is 24.9. The maximum absolute atomic E-state index is 12.3. The summed E-state index contributed by atoms with van der Waals surface area (Å²) in [5, 5.41) is 15.0. The van der Waals surface area contributed by atoms with Gasteiger partial charge in [0.25, 0.3) is 5.91 Å². The summed E-state index contributed by atoms with van der Waals surface area (Å²) in [7, 11) is 3.00. The summed E-state index contributed by atoms with van der Waals surface area (Å²) >= 11 is 14.3. The lowest BCUT2D eigenvalue weighted by atomic mass is 10.2. The van der Waals surface area contributed by atoms with Crippen LogP contribution in [0.25, 0.3) is 0 Å². The van der Waals surface area contributed by atoms with E-state index in [1.165, 1.54) is 32.6 Å². The van der Waals surface area contributed by atoms with Gasteiger partial charge in [-0.05, 0) is 64.6 Å². The summed E-state index contributed by atoms with van der Waals surface area (Å²) in [6, 6.07) is 13.1. The molecule has 33 heavy (non-hydrogen) atoms. The van der Waals surface area contributed by atoms with Crippen LogP contribution in [-0.2, 0) is 6.61 Å². The fourth-order valence-electron chi connectivity index (χ4n) is 2.80. The topological polar surface area (TPSA) is 89.4 Å². The molecule has 7 nitrogen and oxygen atoms in total. The summed E-state index contributed by atoms with van der Waals surface area (Å²) in [5.74, 6) is 0.712. The molecule has 10 heteroatoms. The van der Waals surface area contributed by atoms with Gasteiger partial charge in [0.15, 0.2) is 11.5 Å². The van der Waals surface area contributed by atoms with E-state index in [1.54, 1.807) is 30.3 Å². The van der Waals surface area contributed by atoms with E-state index in [0.29, 0.717) is 32.9 Å². The van der Waals surface area contributed by atoms with Gasteiger partial charge in [0.1, 0.15) is 18.1 Å². The summed E-state index contributed by atoms with van der Waals surface area (Å²) in [6.07, 6.45) is 1.46. The average Bonchev–Trinajstić information content (AvgIpc) is 2.78. The minimum Gasteiger partial charge on any atom is -0.507 e. The van der Waals surface area contributed by atoms with Crippen LogP contribution in [0.4, 0.5) is 0 Å². The largest absolute Gasteiger partial charge is 0.507 e. The van der Waals surface area contributed by atoms with Crippen molar-refractivity contribution in [1.82, 2.24) is 5.43 Å². The van der Waals surface area contributed by atoms with E-state index in [0.717, 1.165) is 9.13 Å². The zero-order valence-electron chi connectivity index (χ0n) is 17.6. The van der Waals surface area contributed by atoms with Gasteiger partial charge in [0.2, 0.25) is 0 Å². The number of aromatic hydroxyl groups is 1. The van der Waals surface area contributed by atoms with Crippen molar-refractivity contribution in [2.45, 2.75) is 6.61 Å². The Morgan fingerprint density at radius 1 is 1.12 bits per heavy atom. The predicted octanol–water partition coefficient (Wildman–Crippen LogP) is 5.66. The van der Waals surface area contributed by atoms with Gasteiger partial charge in [0.05, 0.1) is 29.6 Å². The van der Waals surface area contributed by atoms with E-state index in [4.69, 9.17) is 37.4 Å². The van der Waals surface area contributed by atoms with Crippen molar-refractivity contribution in [3.05, 3.63) is 78.8 Å². The molecule has 0 fully saturated rings. The van der Waals surface area contributed by atoms with E-state index in [9.17, 15) is 9.90 Å². The number of phenols is 1. The molecule has 0 aliphatic heterocycles. The van der Waals surface area contributed by atoms with Crippen molar-refractivity contribution >= 4 is 57.9 Å². The number of hydrogen-bond acceptors (Lipinski definition) is 6. The van der Waals surface area contributed by atoms with Gasteiger partial charge in [-0.3, -0.25) is 4.79 Å². The molecule has 0 aliphatic carbocycles. The smallest absolute Gasteiger partial charge is 0.275 e. The second-order valence-electron chi connectivity index (χ2n) is 6.64. The highest BCUT2D eigenvalue weighted by Gasteiger charge is 2.14. The number of nitrogens with zero attached hydrogens (tertiary/aromatic N) is 1. The minimum absolute atomic E-state index is 0.0738. The van der Waals surface area contributed by atoms with Crippen LogP contribution in [0, 0.1) is 3.57 Å². The summed E-state index contributed by atoms with van der Waals surface area (Å²) in [5.41, 5.74) is 3.92. The number of ether oxygens (including phenoxy) is 3. The van der Waals surface area contributed by atoms with Gasteiger partial charge in [0, 0.05) is 21.7 Å². The number of carbonyl (C=O) groups excluding carboxylic acids is 1. The Morgan fingerprint density at radius 3 is 2.58 bits per heavy atom. The fourth-order valence-corrected chi connectivity index (χ4v) is 4.04. The third kappa shape index (κ3) is 6.43. The normalized spacial score (nSPS) is 10.8. The molecule has 1 amide bonds. The van der Waals surface area contributed by atoms with Crippen molar-refractivity contribution in [3.8, 4) is 23.0 Å². The molecule has 3 aromatic carbocycles. The number of phenolic OH excluding ortho intramolecular Hbond substituents is 1. The highest BCUT2D eigenvalue weighted by molar-refractivity contribution is 14.1. The molecule has 2 N–H and O–H groups in total. The van der Waals surface area contributed by atoms with E-state index in [1.807, 2.05) is 6.07 Å². The second kappa shape index (κ2) is 11.4. The number of rotatable bonds is 8. The molecule has 3 aromatic rings.